The number of rotatable bonds is 8. The zero-order chi connectivity index (χ0) is 25.5. The van der Waals surface area contributed by atoms with Crippen LogP contribution in [0, 0.1) is 17.0 Å². The van der Waals surface area contributed by atoms with Gasteiger partial charge in [-0.25, -0.2) is 0 Å². The summed E-state index contributed by atoms with van der Waals surface area (Å²) in [7, 11) is 0. The van der Waals surface area contributed by atoms with Crippen molar-refractivity contribution in [1.29, 1.82) is 0 Å². The summed E-state index contributed by atoms with van der Waals surface area (Å²) in [5, 5.41) is 16.1. The second kappa shape index (κ2) is 11.3. The number of aryl methyl sites for hydroxylation is 1. The maximum absolute atomic E-state index is 13.2. The van der Waals surface area contributed by atoms with Gasteiger partial charge in [-0.15, -0.1) is 11.8 Å². The first-order chi connectivity index (χ1) is 17.4. The van der Waals surface area contributed by atoms with Gasteiger partial charge >= 0.3 is 0 Å². The summed E-state index contributed by atoms with van der Waals surface area (Å²) in [6, 6.07) is 29.8. The molecule has 36 heavy (non-hydrogen) atoms. The van der Waals surface area contributed by atoms with E-state index in [0.29, 0.717) is 11.3 Å². The monoisotopic (exact) mass is 497 g/mol. The highest BCUT2D eigenvalue weighted by atomic mass is 32.2. The SMILES string of the molecule is Cc1cccc(NC(=O)C(Sc2ccc(NC(=O)c3ccc([N+](=O)[O-])cc3)cc2)c2ccccc2)c1. The fourth-order valence-corrected chi connectivity index (χ4v) is 4.55. The van der Waals surface area contributed by atoms with Gasteiger partial charge < -0.3 is 10.6 Å². The molecule has 2 amide bonds. The third-order valence-corrected chi connectivity index (χ3v) is 6.60. The molecule has 0 aliphatic rings. The summed E-state index contributed by atoms with van der Waals surface area (Å²) >= 11 is 1.41. The Morgan fingerprint density at radius 2 is 1.50 bits per heavy atom. The lowest BCUT2D eigenvalue weighted by Gasteiger charge is -2.17. The van der Waals surface area contributed by atoms with Crippen molar-refractivity contribution in [1.82, 2.24) is 0 Å². The van der Waals surface area contributed by atoms with Gasteiger partial charge in [-0.3, -0.25) is 19.7 Å². The Kier molecular flexibility index (Phi) is 7.77. The van der Waals surface area contributed by atoms with E-state index in [-0.39, 0.29) is 17.5 Å². The summed E-state index contributed by atoms with van der Waals surface area (Å²) in [5.74, 6) is -0.502. The minimum atomic E-state index is -0.512. The van der Waals surface area contributed by atoms with E-state index in [0.717, 1.165) is 21.7 Å². The number of anilines is 2. The number of nitro benzene ring substituents is 1. The predicted octanol–water partition coefficient (Wildman–Crippen LogP) is 6.63. The van der Waals surface area contributed by atoms with Crippen LogP contribution >= 0.6 is 11.8 Å². The molecule has 0 aliphatic carbocycles. The molecule has 0 fully saturated rings. The van der Waals surface area contributed by atoms with Crippen molar-refractivity contribution in [2.75, 3.05) is 10.6 Å². The molecule has 8 heteroatoms. The molecule has 4 rings (SSSR count). The highest BCUT2D eigenvalue weighted by Gasteiger charge is 2.22. The lowest BCUT2D eigenvalue weighted by molar-refractivity contribution is -0.384. The molecular weight excluding hydrogens is 474 g/mol. The van der Waals surface area contributed by atoms with E-state index in [1.54, 1.807) is 12.1 Å². The molecule has 0 heterocycles. The Bertz CT molecular complexity index is 1370. The fraction of sp³-hybridized carbons (Fsp3) is 0.0714. The van der Waals surface area contributed by atoms with Crippen LogP contribution in [0.4, 0.5) is 17.1 Å². The standard InChI is InChI=1S/C28H23N3O4S/c1-19-6-5-9-23(18-19)30-28(33)26(20-7-3-2-4-8-20)36-25-16-12-22(13-17-25)29-27(32)21-10-14-24(15-11-21)31(34)35/h2-18,26H,1H3,(H,29,32)(H,30,33). The van der Waals surface area contributed by atoms with Gasteiger partial charge in [0, 0.05) is 34.0 Å². The largest absolute Gasteiger partial charge is 0.325 e. The molecule has 7 nitrogen and oxygen atoms in total. The third kappa shape index (κ3) is 6.37. The Morgan fingerprint density at radius 3 is 2.14 bits per heavy atom. The van der Waals surface area contributed by atoms with Crippen molar-refractivity contribution in [3.8, 4) is 0 Å². The number of hydrogen-bond donors (Lipinski definition) is 2. The Balaban J connectivity index is 1.46. The molecule has 0 spiro atoms. The molecule has 180 valence electrons. The van der Waals surface area contributed by atoms with Gasteiger partial charge in [0.05, 0.1) is 4.92 Å². The third-order valence-electron chi connectivity index (χ3n) is 5.33. The van der Waals surface area contributed by atoms with E-state index in [2.05, 4.69) is 10.6 Å². The summed E-state index contributed by atoms with van der Waals surface area (Å²) < 4.78 is 0. The van der Waals surface area contributed by atoms with Crippen LogP contribution in [0.15, 0.2) is 108 Å². The van der Waals surface area contributed by atoms with Crippen LogP contribution in [0.5, 0.6) is 0 Å². The maximum atomic E-state index is 13.2. The minimum absolute atomic E-state index is 0.0765. The van der Waals surface area contributed by atoms with Crippen LogP contribution < -0.4 is 10.6 Å². The summed E-state index contributed by atoms with van der Waals surface area (Å²) in [5.41, 5.74) is 3.49. The molecule has 4 aromatic carbocycles. The van der Waals surface area contributed by atoms with Crippen LogP contribution in [0.25, 0.3) is 0 Å². The van der Waals surface area contributed by atoms with Gasteiger partial charge in [0.15, 0.2) is 0 Å². The van der Waals surface area contributed by atoms with Crippen LogP contribution in [-0.4, -0.2) is 16.7 Å². The second-order valence-corrected chi connectivity index (χ2v) is 9.23. The molecule has 0 radical (unpaired) electrons. The number of nitrogens with one attached hydrogen (secondary N) is 2. The number of nitro groups is 1. The number of benzene rings is 4. The Hall–Kier alpha value is -4.43. The van der Waals surface area contributed by atoms with Crippen molar-refractivity contribution < 1.29 is 14.5 Å². The average Bonchev–Trinajstić information content (AvgIpc) is 2.88. The van der Waals surface area contributed by atoms with Crippen molar-refractivity contribution in [3.63, 3.8) is 0 Å². The number of hydrogen-bond acceptors (Lipinski definition) is 5. The van der Waals surface area contributed by atoms with Crippen LogP contribution in [-0.2, 0) is 4.79 Å². The first kappa shape index (κ1) is 24.7. The first-order valence-corrected chi connectivity index (χ1v) is 12.0. The highest BCUT2D eigenvalue weighted by Crippen LogP contribution is 2.36. The van der Waals surface area contributed by atoms with Gasteiger partial charge in [0.25, 0.3) is 11.6 Å². The fourth-order valence-electron chi connectivity index (χ4n) is 3.52. The zero-order valence-corrected chi connectivity index (χ0v) is 20.2. The van der Waals surface area contributed by atoms with Gasteiger partial charge in [-0.1, -0.05) is 42.5 Å². The second-order valence-electron chi connectivity index (χ2n) is 8.05. The molecule has 0 saturated carbocycles. The number of thioether (sulfide) groups is 1. The van der Waals surface area contributed by atoms with E-state index < -0.39 is 10.2 Å². The van der Waals surface area contributed by atoms with Crippen LogP contribution in [0.1, 0.15) is 26.7 Å². The first-order valence-electron chi connectivity index (χ1n) is 11.1. The number of amides is 2. The van der Waals surface area contributed by atoms with Gasteiger partial charge in [0.2, 0.25) is 5.91 Å². The quantitative estimate of drug-likeness (QED) is 0.162. The number of non-ortho nitro benzene ring substituents is 1. The molecular formula is C28H23N3O4S. The molecule has 0 bridgehead atoms. The van der Waals surface area contributed by atoms with Crippen molar-refractivity contribution >= 4 is 40.6 Å². The maximum Gasteiger partial charge on any atom is 0.269 e. The molecule has 1 atom stereocenters. The van der Waals surface area contributed by atoms with E-state index in [4.69, 9.17) is 0 Å². The van der Waals surface area contributed by atoms with E-state index in [9.17, 15) is 19.7 Å². The lowest BCUT2D eigenvalue weighted by Crippen LogP contribution is -2.19. The van der Waals surface area contributed by atoms with E-state index in [1.165, 1.54) is 36.0 Å². The summed E-state index contributed by atoms with van der Waals surface area (Å²) in [6.45, 7) is 1.97. The zero-order valence-electron chi connectivity index (χ0n) is 19.4. The number of carbonyl (C=O) groups is 2. The molecule has 1 unspecified atom stereocenters. The summed E-state index contributed by atoms with van der Waals surface area (Å²) in [6.07, 6.45) is 0. The number of nitrogens with zero attached hydrogens (tertiary/aromatic N) is 1. The van der Waals surface area contributed by atoms with Crippen molar-refractivity contribution in [2.24, 2.45) is 0 Å². The van der Waals surface area contributed by atoms with Gasteiger partial charge in [-0.2, -0.15) is 0 Å². The molecule has 4 aromatic rings. The average molecular weight is 498 g/mol. The van der Waals surface area contributed by atoms with Crippen molar-refractivity contribution in [3.05, 3.63) is 130 Å². The smallest absolute Gasteiger partial charge is 0.269 e. The van der Waals surface area contributed by atoms with Gasteiger partial charge in [0.1, 0.15) is 5.25 Å². The lowest BCUT2D eigenvalue weighted by atomic mass is 10.1. The summed E-state index contributed by atoms with van der Waals surface area (Å²) in [4.78, 5) is 36.9. The van der Waals surface area contributed by atoms with Crippen LogP contribution in [0.3, 0.4) is 0 Å². The minimum Gasteiger partial charge on any atom is -0.325 e. The Morgan fingerprint density at radius 1 is 0.806 bits per heavy atom. The topological polar surface area (TPSA) is 101 Å². The molecule has 0 aromatic heterocycles. The van der Waals surface area contributed by atoms with Crippen molar-refractivity contribution in [2.45, 2.75) is 17.1 Å². The van der Waals surface area contributed by atoms with Crippen LogP contribution in [0.2, 0.25) is 0 Å². The Labute approximate surface area is 212 Å². The van der Waals surface area contributed by atoms with Gasteiger partial charge in [-0.05, 0) is 66.6 Å². The molecule has 2 N–H and O–H groups in total. The molecule has 0 aliphatic heterocycles. The normalized spacial score (nSPS) is 11.4. The molecule has 0 saturated heterocycles. The van der Waals surface area contributed by atoms with E-state index >= 15 is 0 Å². The van der Waals surface area contributed by atoms with E-state index in [1.807, 2.05) is 73.7 Å². The number of carbonyl (C=O) groups excluding carboxylic acids is 2. The predicted molar refractivity (Wildman–Crippen MR) is 142 cm³/mol. The highest BCUT2D eigenvalue weighted by molar-refractivity contribution is 8.00.